The molecule has 0 aliphatic rings. The van der Waals surface area contributed by atoms with Crippen molar-refractivity contribution in [2.75, 3.05) is 5.73 Å². The minimum atomic E-state index is -0.684. The van der Waals surface area contributed by atoms with Crippen molar-refractivity contribution in [3.05, 3.63) is 41.1 Å². The molecule has 2 N–H and O–H groups in total. The number of pyridine rings is 1. The van der Waals surface area contributed by atoms with Gasteiger partial charge in [0.15, 0.2) is 11.6 Å². The van der Waals surface area contributed by atoms with Crippen LogP contribution in [0.2, 0.25) is 5.15 Å². The molecule has 17 heavy (non-hydrogen) atoms. The summed E-state index contributed by atoms with van der Waals surface area (Å²) in [5.41, 5.74) is 5.96. The van der Waals surface area contributed by atoms with Crippen LogP contribution in [-0.4, -0.2) is 15.0 Å². The summed E-state index contributed by atoms with van der Waals surface area (Å²) in [4.78, 5) is 11.1. The van der Waals surface area contributed by atoms with Gasteiger partial charge in [-0.2, -0.15) is 4.98 Å². The molecule has 2 aromatic heterocycles. The largest absolute Gasteiger partial charge is 0.458 e. The third-order valence-corrected chi connectivity index (χ3v) is 2.28. The van der Waals surface area contributed by atoms with Gasteiger partial charge in [0.1, 0.15) is 11.8 Å². The lowest BCUT2D eigenvalue weighted by Crippen LogP contribution is -2.03. The molecule has 7 heteroatoms. The maximum absolute atomic E-state index is 12.8. The lowest BCUT2D eigenvalue weighted by molar-refractivity contribution is 0.279. The van der Waals surface area contributed by atoms with Crippen LogP contribution in [0.3, 0.4) is 0 Å². The van der Waals surface area contributed by atoms with Crippen molar-refractivity contribution < 1.29 is 9.13 Å². The molecular formula is C10H8ClFN4O. The van der Waals surface area contributed by atoms with Crippen LogP contribution in [0.15, 0.2) is 24.5 Å². The molecule has 0 bridgehead atoms. The third kappa shape index (κ3) is 2.79. The lowest BCUT2D eigenvalue weighted by Gasteiger charge is -2.05. The van der Waals surface area contributed by atoms with E-state index in [0.29, 0.717) is 10.7 Å². The van der Waals surface area contributed by atoms with Gasteiger partial charge in [0.05, 0.1) is 6.20 Å². The van der Waals surface area contributed by atoms with E-state index < -0.39 is 5.82 Å². The fraction of sp³-hybridized carbons (Fsp3) is 0.100. The summed E-state index contributed by atoms with van der Waals surface area (Å²) in [6.07, 6.45) is 2.51. The number of nitrogen functional groups attached to an aromatic ring is 1. The minimum Gasteiger partial charge on any atom is -0.458 e. The molecular weight excluding hydrogens is 247 g/mol. The van der Waals surface area contributed by atoms with Crippen LogP contribution in [-0.2, 0) is 6.61 Å². The number of hydrogen-bond acceptors (Lipinski definition) is 5. The van der Waals surface area contributed by atoms with Crippen molar-refractivity contribution in [3.8, 4) is 6.01 Å². The van der Waals surface area contributed by atoms with Gasteiger partial charge in [-0.3, -0.25) is 0 Å². The fourth-order valence-electron chi connectivity index (χ4n) is 1.10. The molecule has 0 fully saturated rings. The van der Waals surface area contributed by atoms with Crippen LogP contribution in [0.1, 0.15) is 5.56 Å². The average Bonchev–Trinajstić information content (AvgIpc) is 2.32. The first kappa shape index (κ1) is 11.5. The average molecular weight is 255 g/mol. The van der Waals surface area contributed by atoms with E-state index >= 15 is 0 Å². The van der Waals surface area contributed by atoms with Gasteiger partial charge >= 0.3 is 6.01 Å². The predicted molar refractivity (Wildman–Crippen MR) is 60.0 cm³/mol. The monoisotopic (exact) mass is 254 g/mol. The maximum Gasteiger partial charge on any atom is 0.318 e. The van der Waals surface area contributed by atoms with Crippen LogP contribution < -0.4 is 10.5 Å². The van der Waals surface area contributed by atoms with Crippen molar-refractivity contribution in [3.63, 3.8) is 0 Å². The van der Waals surface area contributed by atoms with Crippen molar-refractivity contribution in [2.24, 2.45) is 0 Å². The first-order chi connectivity index (χ1) is 8.16. The highest BCUT2D eigenvalue weighted by Gasteiger charge is 2.06. The molecule has 0 spiro atoms. The predicted octanol–water partition coefficient (Wildman–Crippen LogP) is 1.83. The van der Waals surface area contributed by atoms with Crippen molar-refractivity contribution in [1.82, 2.24) is 15.0 Å². The zero-order chi connectivity index (χ0) is 12.3. The van der Waals surface area contributed by atoms with Gasteiger partial charge in [-0.25, -0.2) is 14.4 Å². The molecule has 2 rings (SSSR count). The van der Waals surface area contributed by atoms with Gasteiger partial charge in [0.2, 0.25) is 0 Å². The zero-order valence-corrected chi connectivity index (χ0v) is 9.36. The Hall–Kier alpha value is -1.95. The summed E-state index contributed by atoms with van der Waals surface area (Å²) >= 11 is 5.83. The number of halogens is 2. The van der Waals surface area contributed by atoms with E-state index in [-0.39, 0.29) is 18.4 Å². The highest BCUT2D eigenvalue weighted by molar-refractivity contribution is 6.30. The molecule has 0 aliphatic heterocycles. The molecule has 0 aromatic carbocycles. The Morgan fingerprint density at radius 2 is 2.24 bits per heavy atom. The quantitative estimate of drug-likeness (QED) is 0.846. The Kier molecular flexibility index (Phi) is 3.34. The molecule has 0 atom stereocenters. The highest BCUT2D eigenvalue weighted by atomic mass is 35.5. The Bertz CT molecular complexity index is 537. The molecule has 0 radical (unpaired) electrons. The lowest BCUT2D eigenvalue weighted by atomic mass is 10.3. The molecule has 5 nitrogen and oxygen atoms in total. The first-order valence-electron chi connectivity index (χ1n) is 4.67. The van der Waals surface area contributed by atoms with E-state index in [1.54, 1.807) is 18.3 Å². The normalized spacial score (nSPS) is 10.2. The van der Waals surface area contributed by atoms with Crippen LogP contribution in [0.4, 0.5) is 10.2 Å². The third-order valence-electron chi connectivity index (χ3n) is 1.94. The minimum absolute atomic E-state index is 0.0104. The fourth-order valence-corrected chi connectivity index (χ4v) is 1.28. The number of nitrogens with zero attached hydrogens (tertiary/aromatic N) is 3. The molecule has 88 valence electrons. The van der Waals surface area contributed by atoms with Gasteiger partial charge in [-0.1, -0.05) is 17.7 Å². The van der Waals surface area contributed by atoms with Crippen LogP contribution >= 0.6 is 11.6 Å². The van der Waals surface area contributed by atoms with E-state index in [0.717, 1.165) is 6.20 Å². The molecule has 0 saturated heterocycles. The van der Waals surface area contributed by atoms with E-state index in [4.69, 9.17) is 22.1 Å². The summed E-state index contributed by atoms with van der Waals surface area (Å²) < 4.78 is 18.0. The van der Waals surface area contributed by atoms with E-state index in [9.17, 15) is 4.39 Å². The van der Waals surface area contributed by atoms with Gasteiger partial charge in [-0.05, 0) is 6.07 Å². The van der Waals surface area contributed by atoms with Crippen molar-refractivity contribution in [2.45, 2.75) is 6.61 Å². The molecule has 0 unspecified atom stereocenters. The molecule has 2 heterocycles. The second-order valence-corrected chi connectivity index (χ2v) is 3.49. The number of hydrogen-bond donors (Lipinski definition) is 1. The smallest absolute Gasteiger partial charge is 0.318 e. The number of anilines is 1. The molecule has 0 aliphatic carbocycles. The standard InChI is InChI=1S/C10H8ClFN4O/c11-8-6(2-1-3-14-8)5-17-10-15-4-7(12)9(13)16-10/h1-4H,5H2,(H2,13,15,16). The number of ether oxygens (including phenoxy) is 1. The summed E-state index contributed by atoms with van der Waals surface area (Å²) in [5.74, 6) is -0.941. The highest BCUT2D eigenvalue weighted by Crippen LogP contribution is 2.15. The van der Waals surface area contributed by atoms with Crippen LogP contribution in [0, 0.1) is 5.82 Å². The van der Waals surface area contributed by atoms with E-state index in [1.807, 2.05) is 0 Å². The van der Waals surface area contributed by atoms with Crippen LogP contribution in [0.5, 0.6) is 6.01 Å². The maximum atomic E-state index is 12.8. The summed E-state index contributed by atoms with van der Waals surface area (Å²) in [7, 11) is 0. The van der Waals surface area contributed by atoms with E-state index in [1.165, 1.54) is 0 Å². The van der Waals surface area contributed by atoms with Crippen molar-refractivity contribution >= 4 is 17.4 Å². The Balaban J connectivity index is 2.08. The topological polar surface area (TPSA) is 73.9 Å². The van der Waals surface area contributed by atoms with Gasteiger partial charge in [0, 0.05) is 11.8 Å². The second kappa shape index (κ2) is 4.92. The van der Waals surface area contributed by atoms with Crippen molar-refractivity contribution in [1.29, 1.82) is 0 Å². The summed E-state index contributed by atoms with van der Waals surface area (Å²) in [5, 5.41) is 0.336. The summed E-state index contributed by atoms with van der Waals surface area (Å²) in [6, 6.07) is 3.47. The number of nitrogens with two attached hydrogens (primary N) is 1. The number of rotatable bonds is 3. The SMILES string of the molecule is Nc1nc(OCc2cccnc2Cl)ncc1F. The second-order valence-electron chi connectivity index (χ2n) is 3.13. The molecule has 0 amide bonds. The number of aromatic nitrogens is 3. The van der Waals surface area contributed by atoms with Crippen LogP contribution in [0.25, 0.3) is 0 Å². The Morgan fingerprint density at radius 1 is 1.41 bits per heavy atom. The first-order valence-corrected chi connectivity index (χ1v) is 5.05. The van der Waals surface area contributed by atoms with Gasteiger partial charge in [0.25, 0.3) is 0 Å². The van der Waals surface area contributed by atoms with E-state index in [2.05, 4.69) is 15.0 Å². The molecule has 0 saturated carbocycles. The van der Waals surface area contributed by atoms with Gasteiger partial charge in [-0.15, -0.1) is 0 Å². The Labute approximate surface area is 101 Å². The molecule has 2 aromatic rings. The Morgan fingerprint density at radius 3 is 2.94 bits per heavy atom. The zero-order valence-electron chi connectivity index (χ0n) is 8.60. The summed E-state index contributed by atoms with van der Waals surface area (Å²) in [6.45, 7) is 0.137. The van der Waals surface area contributed by atoms with Gasteiger partial charge < -0.3 is 10.5 Å².